The lowest BCUT2D eigenvalue weighted by Gasteiger charge is -2.41. The molecule has 0 amide bonds. The first kappa shape index (κ1) is 23.1. The maximum absolute atomic E-state index is 10.7. The van der Waals surface area contributed by atoms with Gasteiger partial charge in [0.1, 0.15) is 0 Å². The van der Waals surface area contributed by atoms with Crippen molar-refractivity contribution in [1.29, 1.82) is 0 Å². The van der Waals surface area contributed by atoms with Gasteiger partial charge in [-0.3, -0.25) is 0 Å². The van der Waals surface area contributed by atoms with Crippen LogP contribution in [0.2, 0.25) is 28.2 Å². The molecule has 2 heterocycles. The van der Waals surface area contributed by atoms with Gasteiger partial charge in [-0.1, -0.05) is 44.0 Å². The lowest BCUT2D eigenvalue weighted by Crippen LogP contribution is -2.48. The lowest BCUT2D eigenvalue weighted by atomic mass is 10.0. The fourth-order valence-electron chi connectivity index (χ4n) is 4.34. The average molecular weight is 480 g/mol. The molecule has 1 fully saturated rings. The lowest BCUT2D eigenvalue weighted by molar-refractivity contribution is 0.102. The number of aromatic nitrogens is 1. The van der Waals surface area contributed by atoms with E-state index in [0.717, 1.165) is 21.8 Å². The van der Waals surface area contributed by atoms with E-state index in [1.54, 1.807) is 0 Å². The molecule has 3 aromatic rings. The van der Waals surface area contributed by atoms with E-state index in [1.165, 1.54) is 0 Å². The van der Waals surface area contributed by atoms with E-state index in [0.29, 0.717) is 29.6 Å². The Morgan fingerprint density at radius 3 is 2.06 bits per heavy atom. The van der Waals surface area contributed by atoms with Crippen molar-refractivity contribution in [2.45, 2.75) is 63.6 Å². The molecule has 2 aromatic carbocycles. The highest BCUT2D eigenvalue weighted by Gasteiger charge is 2.42. The number of nitrogens with one attached hydrogen (secondary N) is 1. The molecule has 0 spiro atoms. The summed E-state index contributed by atoms with van der Waals surface area (Å²) in [6, 6.07) is 12.0. The number of hydrogen-bond donors (Lipinski definition) is 2. The van der Waals surface area contributed by atoms with E-state index < -0.39 is 14.4 Å². The average Bonchev–Trinajstić information content (AvgIpc) is 2.85. The summed E-state index contributed by atoms with van der Waals surface area (Å²) < 4.78 is 9.28. The highest BCUT2D eigenvalue weighted by molar-refractivity contribution is 6.74. The first-order valence-corrected chi connectivity index (χ1v) is 14.6. The number of aliphatic hydroxyl groups is 1. The number of nitrogens with zero attached hydrogens (tertiary/aromatic N) is 1. The summed E-state index contributed by atoms with van der Waals surface area (Å²) in [4.78, 5) is 0. The van der Waals surface area contributed by atoms with Crippen molar-refractivity contribution < 1.29 is 9.53 Å². The Bertz CT molecular complexity index is 1050. The molecule has 1 aliphatic heterocycles. The Morgan fingerprint density at radius 1 is 1.00 bits per heavy atom. The number of hydrogen-bond acceptors (Lipinski definition) is 3. The van der Waals surface area contributed by atoms with Gasteiger partial charge >= 0.3 is 0 Å². The van der Waals surface area contributed by atoms with Crippen molar-refractivity contribution >= 4 is 53.3 Å². The minimum absolute atomic E-state index is 0.0125. The minimum atomic E-state index is -2.02. The molecule has 0 bridgehead atoms. The summed E-state index contributed by atoms with van der Waals surface area (Å²) in [7, 11) is -2.02. The smallest absolute Gasteiger partial charge is 0.192 e. The number of halogens is 2. The number of β-amino-alcohol motifs (C(OH)–C–C–N with tert-alkyl or cyclic N) is 1. The molecular weight excluding hydrogens is 447 g/mol. The van der Waals surface area contributed by atoms with Gasteiger partial charge in [0, 0.05) is 44.9 Å². The molecule has 0 saturated carbocycles. The third kappa shape index (κ3) is 4.41. The van der Waals surface area contributed by atoms with E-state index >= 15 is 0 Å². The van der Waals surface area contributed by atoms with Gasteiger partial charge in [-0.15, -0.1) is 0 Å². The zero-order valence-corrected chi connectivity index (χ0v) is 21.4. The summed E-state index contributed by atoms with van der Waals surface area (Å²) in [5.74, 6) is 0. The van der Waals surface area contributed by atoms with Crippen molar-refractivity contribution in [3.8, 4) is 0 Å². The van der Waals surface area contributed by atoms with Crippen molar-refractivity contribution in [3.05, 3.63) is 46.4 Å². The van der Waals surface area contributed by atoms with Crippen LogP contribution in [0.1, 0.15) is 33.2 Å². The second-order valence-corrected chi connectivity index (χ2v) is 15.9. The zero-order valence-electron chi connectivity index (χ0n) is 18.9. The highest BCUT2D eigenvalue weighted by atomic mass is 35.5. The van der Waals surface area contributed by atoms with Gasteiger partial charge in [0.2, 0.25) is 0 Å². The maximum atomic E-state index is 10.7. The molecule has 168 valence electrons. The minimum Gasteiger partial charge on any atom is -0.411 e. The third-order valence-electron chi connectivity index (χ3n) is 6.98. The molecule has 0 radical (unpaired) electrons. The van der Waals surface area contributed by atoms with Crippen LogP contribution in [0.15, 0.2) is 36.4 Å². The van der Waals surface area contributed by atoms with Gasteiger partial charge in [0.15, 0.2) is 8.32 Å². The number of rotatable bonds is 3. The number of fused-ring (bicyclic) bond motifs is 3. The Labute approximate surface area is 195 Å². The molecule has 3 atom stereocenters. The molecule has 2 unspecified atom stereocenters. The predicted octanol–water partition coefficient (Wildman–Crippen LogP) is 6.39. The van der Waals surface area contributed by atoms with E-state index in [2.05, 4.69) is 55.9 Å². The van der Waals surface area contributed by atoms with Crippen LogP contribution in [0.4, 0.5) is 0 Å². The molecular formula is C24H32Cl2N2O2Si. The maximum Gasteiger partial charge on any atom is 0.192 e. The quantitative estimate of drug-likeness (QED) is 0.428. The molecule has 4 nitrogen and oxygen atoms in total. The zero-order chi connectivity index (χ0) is 22.6. The number of aliphatic hydroxyl groups excluding tert-OH is 1. The molecule has 0 aliphatic carbocycles. The molecule has 1 aliphatic rings. The first-order valence-electron chi connectivity index (χ1n) is 10.9. The van der Waals surface area contributed by atoms with Gasteiger partial charge < -0.3 is 19.4 Å². The van der Waals surface area contributed by atoms with Crippen LogP contribution in [0.3, 0.4) is 0 Å². The van der Waals surface area contributed by atoms with Gasteiger partial charge in [-0.05, 0) is 61.0 Å². The normalized spacial score (nSPS) is 23.4. The van der Waals surface area contributed by atoms with Crippen LogP contribution in [0.25, 0.3) is 21.8 Å². The fraction of sp³-hybridized carbons (Fsp3) is 0.500. The molecule has 1 aromatic heterocycles. The fourth-order valence-corrected chi connectivity index (χ4v) is 6.04. The van der Waals surface area contributed by atoms with Crippen LogP contribution >= 0.6 is 23.2 Å². The van der Waals surface area contributed by atoms with E-state index in [-0.39, 0.29) is 17.2 Å². The standard InChI is InChI=1S/C24H32Cl2N2O2Si/c1-24(2,3)31(4,5)30-23-14-27-13-17(29)12-22(23)28-20-8-6-15(25)10-18(20)19-11-16(26)7-9-21(19)28/h6-11,17,22-23,27,29H,12-14H2,1-5H3/t17-,22?,23?/m1/s1. The molecule has 31 heavy (non-hydrogen) atoms. The Hall–Kier alpha value is -1.08. The summed E-state index contributed by atoms with van der Waals surface area (Å²) >= 11 is 12.7. The van der Waals surface area contributed by atoms with Crippen LogP contribution in [0, 0.1) is 0 Å². The van der Waals surface area contributed by atoms with Crippen LogP contribution < -0.4 is 5.32 Å². The summed E-state index contributed by atoms with van der Waals surface area (Å²) in [6.07, 6.45) is 0.129. The summed E-state index contributed by atoms with van der Waals surface area (Å²) in [5, 5.41) is 17.8. The summed E-state index contributed by atoms with van der Waals surface area (Å²) in [5.41, 5.74) is 2.18. The van der Waals surface area contributed by atoms with E-state index in [9.17, 15) is 5.11 Å². The third-order valence-corrected chi connectivity index (χ3v) is 12.0. The second-order valence-electron chi connectivity index (χ2n) is 10.2. The van der Waals surface area contributed by atoms with Gasteiger partial charge in [0.25, 0.3) is 0 Å². The largest absolute Gasteiger partial charge is 0.411 e. The van der Waals surface area contributed by atoms with Crippen molar-refractivity contribution in [3.63, 3.8) is 0 Å². The summed E-state index contributed by atoms with van der Waals surface area (Å²) in [6.45, 7) is 12.6. The van der Waals surface area contributed by atoms with E-state index in [4.69, 9.17) is 27.6 Å². The van der Waals surface area contributed by atoms with Gasteiger partial charge in [-0.25, -0.2) is 0 Å². The highest BCUT2D eigenvalue weighted by Crippen LogP contribution is 2.42. The second kappa shape index (κ2) is 8.36. The van der Waals surface area contributed by atoms with Crippen LogP contribution in [-0.4, -0.2) is 43.3 Å². The molecule has 7 heteroatoms. The molecule has 2 N–H and O–H groups in total. The molecule has 4 rings (SSSR count). The topological polar surface area (TPSA) is 46.4 Å². The first-order chi connectivity index (χ1) is 14.5. The van der Waals surface area contributed by atoms with Crippen molar-refractivity contribution in [2.75, 3.05) is 13.1 Å². The van der Waals surface area contributed by atoms with Crippen molar-refractivity contribution in [1.82, 2.24) is 9.88 Å². The Balaban J connectivity index is 1.91. The predicted molar refractivity (Wildman–Crippen MR) is 134 cm³/mol. The Kier molecular flexibility index (Phi) is 6.23. The van der Waals surface area contributed by atoms with Crippen molar-refractivity contribution in [2.24, 2.45) is 0 Å². The van der Waals surface area contributed by atoms with E-state index in [1.807, 2.05) is 24.3 Å². The monoisotopic (exact) mass is 478 g/mol. The van der Waals surface area contributed by atoms with Crippen LogP contribution in [-0.2, 0) is 4.43 Å². The SMILES string of the molecule is CC(C)(C)[Si](C)(C)OC1CNC[C@H](O)CC1n1c2ccc(Cl)cc2c2cc(Cl)ccc21. The van der Waals surface area contributed by atoms with Gasteiger partial charge in [-0.2, -0.15) is 0 Å². The number of benzene rings is 2. The molecule has 1 saturated heterocycles. The Morgan fingerprint density at radius 2 is 1.55 bits per heavy atom. The van der Waals surface area contributed by atoms with Crippen LogP contribution in [0.5, 0.6) is 0 Å². The van der Waals surface area contributed by atoms with Gasteiger partial charge in [0.05, 0.1) is 18.2 Å².